The van der Waals surface area contributed by atoms with Gasteiger partial charge in [0.2, 0.25) is 5.91 Å². The highest BCUT2D eigenvalue weighted by Gasteiger charge is 2.27. The van der Waals surface area contributed by atoms with Crippen LogP contribution in [0.1, 0.15) is 60.0 Å². The molecule has 0 aliphatic carbocycles. The number of rotatable bonds is 5. The second kappa shape index (κ2) is 9.14. The van der Waals surface area contributed by atoms with Crippen LogP contribution >= 0.6 is 0 Å². The van der Waals surface area contributed by atoms with Gasteiger partial charge in [-0.25, -0.2) is 9.97 Å². The summed E-state index contributed by atoms with van der Waals surface area (Å²) >= 11 is 0. The van der Waals surface area contributed by atoms with Crippen LogP contribution in [-0.2, 0) is 17.8 Å². The van der Waals surface area contributed by atoms with Crippen LogP contribution in [0.5, 0.6) is 5.75 Å². The van der Waals surface area contributed by atoms with Gasteiger partial charge < -0.3 is 19.9 Å². The number of amides is 2. The average Bonchev–Trinajstić information content (AvgIpc) is 3.17. The van der Waals surface area contributed by atoms with E-state index in [1.807, 2.05) is 43.1 Å². The van der Waals surface area contributed by atoms with Gasteiger partial charge in [0, 0.05) is 63.8 Å². The van der Waals surface area contributed by atoms with Gasteiger partial charge in [-0.2, -0.15) is 0 Å². The number of nitrogens with zero attached hydrogens (tertiary/aromatic N) is 4. The molecule has 0 spiro atoms. The molecule has 170 valence electrons. The van der Waals surface area contributed by atoms with Gasteiger partial charge in [-0.3, -0.25) is 9.59 Å². The van der Waals surface area contributed by atoms with Crippen LogP contribution in [0.2, 0.25) is 0 Å². The molecule has 1 saturated heterocycles. The summed E-state index contributed by atoms with van der Waals surface area (Å²) < 4.78 is 5.75. The van der Waals surface area contributed by atoms with Crippen LogP contribution in [0.15, 0.2) is 24.3 Å². The minimum atomic E-state index is -0.0237. The quantitative estimate of drug-likeness (QED) is 0.774. The lowest BCUT2D eigenvalue weighted by Gasteiger charge is -2.32. The van der Waals surface area contributed by atoms with Crippen LogP contribution in [0, 0.1) is 0 Å². The van der Waals surface area contributed by atoms with E-state index < -0.39 is 0 Å². The average molecular weight is 438 g/mol. The molecule has 2 aliphatic rings. The summed E-state index contributed by atoms with van der Waals surface area (Å²) in [7, 11) is 3.57. The Balaban J connectivity index is 1.43. The third-order valence-electron chi connectivity index (χ3n) is 6.31. The predicted octanol–water partition coefficient (Wildman–Crippen LogP) is 2.84. The van der Waals surface area contributed by atoms with Crippen molar-refractivity contribution in [3.63, 3.8) is 0 Å². The molecule has 4 rings (SSSR count). The van der Waals surface area contributed by atoms with Gasteiger partial charge in [-0.15, -0.1) is 0 Å². The van der Waals surface area contributed by atoms with Crippen LogP contribution in [0.3, 0.4) is 0 Å². The molecule has 32 heavy (non-hydrogen) atoms. The smallest absolute Gasteiger partial charge is 0.253 e. The summed E-state index contributed by atoms with van der Waals surface area (Å²) in [4.78, 5) is 37.4. The Morgan fingerprint density at radius 2 is 1.97 bits per heavy atom. The third kappa shape index (κ3) is 4.69. The van der Waals surface area contributed by atoms with Crippen molar-refractivity contribution in [1.29, 1.82) is 0 Å². The highest BCUT2D eigenvalue weighted by atomic mass is 16.5. The molecule has 0 bridgehead atoms. The molecule has 1 aromatic heterocycles. The molecule has 1 aromatic carbocycles. The van der Waals surface area contributed by atoms with E-state index in [4.69, 9.17) is 9.72 Å². The molecule has 1 N–H and O–H groups in total. The van der Waals surface area contributed by atoms with Gasteiger partial charge in [0.05, 0.1) is 6.54 Å². The number of piperidine rings is 1. The van der Waals surface area contributed by atoms with E-state index >= 15 is 0 Å². The van der Waals surface area contributed by atoms with Gasteiger partial charge in [-0.1, -0.05) is 0 Å². The number of hydrogen-bond donors (Lipinski definition) is 1. The molecule has 8 nitrogen and oxygen atoms in total. The number of hydrogen-bond acceptors (Lipinski definition) is 6. The Kier molecular flexibility index (Phi) is 6.30. The van der Waals surface area contributed by atoms with E-state index in [0.717, 1.165) is 47.7 Å². The second-order valence-corrected chi connectivity index (χ2v) is 8.74. The van der Waals surface area contributed by atoms with Crippen LogP contribution in [-0.4, -0.2) is 64.9 Å². The number of benzene rings is 1. The zero-order chi connectivity index (χ0) is 22.8. The fourth-order valence-electron chi connectivity index (χ4n) is 4.37. The topological polar surface area (TPSA) is 87.7 Å². The third-order valence-corrected chi connectivity index (χ3v) is 6.31. The van der Waals surface area contributed by atoms with Gasteiger partial charge in [-0.05, 0) is 43.5 Å². The first-order valence-electron chi connectivity index (χ1n) is 11.2. The van der Waals surface area contributed by atoms with Crippen LogP contribution < -0.4 is 10.1 Å². The Hall–Kier alpha value is -3.16. The van der Waals surface area contributed by atoms with Crippen molar-refractivity contribution in [1.82, 2.24) is 19.8 Å². The number of carbonyl (C=O) groups is 2. The van der Waals surface area contributed by atoms with E-state index in [0.29, 0.717) is 25.5 Å². The SMILES string of the molecule is CNc1cc(C2CCN(C(=O)c3ccc4c(c3)C[C@H](C)O4)CC2)nc(CN(C)C(C)=O)n1. The molecular formula is C24H31N5O3. The zero-order valence-corrected chi connectivity index (χ0v) is 19.2. The Labute approximate surface area is 189 Å². The monoisotopic (exact) mass is 437 g/mol. The normalized spacial score (nSPS) is 18.1. The van der Waals surface area contributed by atoms with Crippen molar-refractivity contribution < 1.29 is 14.3 Å². The number of likely N-dealkylation sites (tertiary alicyclic amines) is 1. The number of fused-ring (bicyclic) bond motifs is 1. The number of aromatic nitrogens is 2. The largest absolute Gasteiger partial charge is 0.490 e. The van der Waals surface area contributed by atoms with Crippen molar-refractivity contribution in [3.8, 4) is 5.75 Å². The van der Waals surface area contributed by atoms with Crippen molar-refractivity contribution in [2.24, 2.45) is 0 Å². The first-order chi connectivity index (χ1) is 15.3. The Morgan fingerprint density at radius 3 is 2.66 bits per heavy atom. The Bertz CT molecular complexity index is 1020. The molecule has 2 aliphatic heterocycles. The molecule has 0 saturated carbocycles. The molecule has 8 heteroatoms. The first-order valence-corrected chi connectivity index (χ1v) is 11.2. The number of ether oxygens (including phenoxy) is 1. The summed E-state index contributed by atoms with van der Waals surface area (Å²) in [5, 5.41) is 3.09. The van der Waals surface area contributed by atoms with Gasteiger partial charge in [0.25, 0.3) is 5.91 Å². The lowest BCUT2D eigenvalue weighted by Crippen LogP contribution is -2.38. The van der Waals surface area contributed by atoms with E-state index in [2.05, 4.69) is 10.3 Å². The number of nitrogens with one attached hydrogen (secondary N) is 1. The molecule has 0 unspecified atom stereocenters. The lowest BCUT2D eigenvalue weighted by atomic mass is 9.92. The fraction of sp³-hybridized carbons (Fsp3) is 0.500. The number of carbonyl (C=O) groups excluding carboxylic acids is 2. The summed E-state index contributed by atoms with van der Waals surface area (Å²) in [5.41, 5.74) is 2.81. The standard InChI is InChI=1S/C24H31N5O3/c1-15-11-19-12-18(5-6-21(19)32-15)24(31)29-9-7-17(8-10-29)20-13-22(25-3)27-23(26-20)14-28(4)16(2)30/h5-6,12-13,15,17H,7-11,14H2,1-4H3,(H,25,26,27)/t15-/m0/s1. The van der Waals surface area contributed by atoms with E-state index in [1.165, 1.54) is 6.92 Å². The maximum Gasteiger partial charge on any atom is 0.253 e. The molecule has 2 aromatic rings. The fourth-order valence-corrected chi connectivity index (χ4v) is 4.37. The lowest BCUT2D eigenvalue weighted by molar-refractivity contribution is -0.128. The summed E-state index contributed by atoms with van der Waals surface area (Å²) in [6.45, 7) is 5.33. The summed E-state index contributed by atoms with van der Waals surface area (Å²) in [6, 6.07) is 7.74. The molecule has 0 radical (unpaired) electrons. The highest BCUT2D eigenvalue weighted by molar-refractivity contribution is 5.94. The molecule has 2 amide bonds. The minimum absolute atomic E-state index is 0.0237. The van der Waals surface area contributed by atoms with Crippen LogP contribution in [0.4, 0.5) is 5.82 Å². The van der Waals surface area contributed by atoms with Crippen molar-refractivity contribution in [2.75, 3.05) is 32.5 Å². The molecule has 1 atom stereocenters. The summed E-state index contributed by atoms with van der Waals surface area (Å²) in [6.07, 6.45) is 2.71. The van der Waals surface area contributed by atoms with Gasteiger partial charge >= 0.3 is 0 Å². The van der Waals surface area contributed by atoms with Crippen LogP contribution in [0.25, 0.3) is 0 Å². The maximum atomic E-state index is 13.1. The first kappa shape index (κ1) is 22.0. The van der Waals surface area contributed by atoms with E-state index in [9.17, 15) is 9.59 Å². The number of anilines is 1. The van der Waals surface area contributed by atoms with Crippen molar-refractivity contribution in [3.05, 3.63) is 46.9 Å². The summed E-state index contributed by atoms with van der Waals surface area (Å²) in [5.74, 6) is 2.57. The van der Waals surface area contributed by atoms with Crippen molar-refractivity contribution >= 4 is 17.6 Å². The van der Waals surface area contributed by atoms with Gasteiger partial charge in [0.15, 0.2) is 0 Å². The van der Waals surface area contributed by atoms with Gasteiger partial charge in [0.1, 0.15) is 23.5 Å². The van der Waals surface area contributed by atoms with E-state index in [-0.39, 0.29) is 23.8 Å². The highest BCUT2D eigenvalue weighted by Crippen LogP contribution is 2.32. The second-order valence-electron chi connectivity index (χ2n) is 8.74. The predicted molar refractivity (Wildman–Crippen MR) is 122 cm³/mol. The Morgan fingerprint density at radius 1 is 1.22 bits per heavy atom. The molecular weight excluding hydrogens is 406 g/mol. The maximum absolute atomic E-state index is 13.1. The zero-order valence-electron chi connectivity index (χ0n) is 19.2. The minimum Gasteiger partial charge on any atom is -0.490 e. The van der Waals surface area contributed by atoms with Crippen molar-refractivity contribution in [2.45, 2.75) is 51.7 Å². The van der Waals surface area contributed by atoms with E-state index in [1.54, 1.807) is 11.9 Å². The molecule has 3 heterocycles. The molecule has 1 fully saturated rings.